The Morgan fingerprint density at radius 1 is 1.40 bits per heavy atom. The molecule has 30 heavy (non-hydrogen) atoms. The minimum Gasteiger partial charge on any atom is -0.378 e. The first kappa shape index (κ1) is 20.0. The number of nitrogens with two attached hydrogens (primary N) is 1. The Morgan fingerprint density at radius 3 is 2.87 bits per heavy atom. The number of amides is 1. The zero-order chi connectivity index (χ0) is 21.6. The predicted octanol–water partition coefficient (Wildman–Crippen LogP) is 1.72. The number of carbonyl (C=O) groups excluding carboxylic acids is 1. The summed E-state index contributed by atoms with van der Waals surface area (Å²) in [4.78, 5) is 32.6. The Kier molecular flexibility index (Phi) is 4.98. The molecule has 1 aliphatic rings. The van der Waals surface area contributed by atoms with Crippen molar-refractivity contribution in [1.82, 2.24) is 19.1 Å². The molecule has 2 aromatic heterocycles. The van der Waals surface area contributed by atoms with Gasteiger partial charge in [0.15, 0.2) is 5.65 Å². The number of fused-ring (bicyclic) bond motifs is 1. The molecule has 11 heteroatoms. The number of aromatic nitrogens is 4. The van der Waals surface area contributed by atoms with Crippen LogP contribution in [0, 0.1) is 12.7 Å². The van der Waals surface area contributed by atoms with E-state index in [9.17, 15) is 18.4 Å². The van der Waals surface area contributed by atoms with E-state index in [2.05, 4.69) is 15.3 Å². The third-order valence-electron chi connectivity index (χ3n) is 5.24. The highest BCUT2D eigenvalue weighted by atomic mass is 19.1. The molecule has 4 rings (SSSR count). The first-order valence-corrected chi connectivity index (χ1v) is 9.30. The topological polar surface area (TPSA) is 117 Å². The molecule has 1 aliphatic heterocycles. The van der Waals surface area contributed by atoms with Gasteiger partial charge in [-0.1, -0.05) is 0 Å². The molecule has 0 radical (unpaired) electrons. The first-order valence-electron chi connectivity index (χ1n) is 9.30. The zero-order valence-electron chi connectivity index (χ0n) is 16.4. The SMILES string of the molecule is Cc1cc(C(N)=O)c(F)cc1Nc1ncc2c(n1)n(C1CCOCC1F)c(=O)n2C. The smallest absolute Gasteiger partial charge is 0.330 e. The number of carbonyl (C=O) groups is 1. The van der Waals surface area contributed by atoms with E-state index >= 15 is 0 Å². The van der Waals surface area contributed by atoms with Gasteiger partial charge in [0.25, 0.3) is 5.91 Å². The fraction of sp³-hybridized carbons (Fsp3) is 0.368. The maximum atomic E-state index is 14.5. The first-order chi connectivity index (χ1) is 14.3. The number of halogens is 2. The number of alkyl halides is 1. The van der Waals surface area contributed by atoms with E-state index in [0.717, 1.165) is 6.07 Å². The van der Waals surface area contributed by atoms with E-state index in [1.54, 1.807) is 14.0 Å². The van der Waals surface area contributed by atoms with E-state index in [1.807, 2.05) is 0 Å². The number of nitrogens with zero attached hydrogens (tertiary/aromatic N) is 4. The van der Waals surface area contributed by atoms with Gasteiger partial charge >= 0.3 is 5.69 Å². The maximum absolute atomic E-state index is 14.5. The quantitative estimate of drug-likeness (QED) is 0.666. The summed E-state index contributed by atoms with van der Waals surface area (Å²) < 4.78 is 36.4. The molecular formula is C19H20F2N6O3. The van der Waals surface area contributed by atoms with Crippen LogP contribution in [0.25, 0.3) is 11.2 Å². The summed E-state index contributed by atoms with van der Waals surface area (Å²) in [7, 11) is 1.56. The monoisotopic (exact) mass is 418 g/mol. The minimum atomic E-state index is -1.34. The second-order valence-electron chi connectivity index (χ2n) is 7.20. The van der Waals surface area contributed by atoms with Gasteiger partial charge in [-0.25, -0.2) is 18.6 Å². The number of hydrogen-bond acceptors (Lipinski definition) is 6. The van der Waals surface area contributed by atoms with E-state index in [1.165, 1.54) is 21.4 Å². The Hall–Kier alpha value is -3.34. The molecule has 1 saturated heterocycles. The van der Waals surface area contributed by atoms with Crippen molar-refractivity contribution < 1.29 is 18.3 Å². The van der Waals surface area contributed by atoms with E-state index < -0.39 is 29.6 Å². The Bertz CT molecular complexity index is 1210. The van der Waals surface area contributed by atoms with Crippen molar-refractivity contribution in [2.45, 2.75) is 25.6 Å². The van der Waals surface area contributed by atoms with Gasteiger partial charge in [0.1, 0.15) is 17.5 Å². The van der Waals surface area contributed by atoms with Gasteiger partial charge < -0.3 is 15.8 Å². The molecule has 0 spiro atoms. The highest BCUT2D eigenvalue weighted by Gasteiger charge is 2.31. The summed E-state index contributed by atoms with van der Waals surface area (Å²) in [5.41, 5.74) is 6.12. The third kappa shape index (κ3) is 3.30. The van der Waals surface area contributed by atoms with Crippen molar-refractivity contribution in [1.29, 1.82) is 0 Å². The molecule has 1 fully saturated rings. The van der Waals surface area contributed by atoms with Gasteiger partial charge in [0.05, 0.1) is 24.4 Å². The molecule has 0 saturated carbocycles. The zero-order valence-corrected chi connectivity index (χ0v) is 16.4. The van der Waals surface area contributed by atoms with Crippen LogP contribution in [0.4, 0.5) is 20.4 Å². The fourth-order valence-electron chi connectivity index (χ4n) is 3.60. The van der Waals surface area contributed by atoms with E-state index in [0.29, 0.717) is 29.8 Å². The van der Waals surface area contributed by atoms with E-state index in [-0.39, 0.29) is 23.8 Å². The number of imidazole rings is 1. The van der Waals surface area contributed by atoms with Gasteiger partial charge in [-0.2, -0.15) is 4.98 Å². The second-order valence-corrected chi connectivity index (χ2v) is 7.20. The summed E-state index contributed by atoms with van der Waals surface area (Å²) in [6.45, 7) is 1.92. The average molecular weight is 418 g/mol. The lowest BCUT2D eigenvalue weighted by atomic mass is 10.1. The molecule has 0 bridgehead atoms. The van der Waals surface area contributed by atoms with E-state index in [4.69, 9.17) is 10.5 Å². The van der Waals surface area contributed by atoms with Gasteiger partial charge in [0, 0.05) is 19.3 Å². The van der Waals surface area contributed by atoms with Crippen molar-refractivity contribution in [3.63, 3.8) is 0 Å². The maximum Gasteiger partial charge on any atom is 0.330 e. The molecule has 3 aromatic rings. The van der Waals surface area contributed by atoms with Gasteiger partial charge in [-0.05, 0) is 31.0 Å². The Labute approximate surface area is 169 Å². The molecule has 1 amide bonds. The van der Waals surface area contributed by atoms with Crippen LogP contribution in [-0.4, -0.2) is 44.4 Å². The number of aryl methyl sites for hydroxylation is 2. The Morgan fingerprint density at radius 2 is 2.17 bits per heavy atom. The highest BCUT2D eigenvalue weighted by Crippen LogP contribution is 2.27. The number of anilines is 2. The number of ether oxygens (including phenoxy) is 1. The van der Waals surface area contributed by atoms with Crippen molar-refractivity contribution in [3.05, 3.63) is 45.8 Å². The van der Waals surface area contributed by atoms with Crippen LogP contribution in [0.3, 0.4) is 0 Å². The molecule has 0 aliphatic carbocycles. The molecule has 9 nitrogen and oxygen atoms in total. The van der Waals surface area contributed by atoms with Crippen LogP contribution in [0.1, 0.15) is 28.4 Å². The molecule has 2 unspecified atom stereocenters. The van der Waals surface area contributed by atoms with Gasteiger partial charge in [-0.15, -0.1) is 0 Å². The normalized spacial score (nSPS) is 19.2. The summed E-state index contributed by atoms with van der Waals surface area (Å²) in [6.07, 6.45) is 0.441. The lowest BCUT2D eigenvalue weighted by Crippen LogP contribution is -2.37. The number of hydrogen-bond donors (Lipinski definition) is 2. The summed E-state index contributed by atoms with van der Waals surface area (Å²) in [5, 5.41) is 2.88. The fourth-order valence-corrected chi connectivity index (χ4v) is 3.60. The number of nitrogens with one attached hydrogen (secondary N) is 1. The van der Waals surface area contributed by atoms with Crippen molar-refractivity contribution in [2.24, 2.45) is 12.8 Å². The molecule has 1 aromatic carbocycles. The van der Waals surface area contributed by atoms with Crippen LogP contribution >= 0.6 is 0 Å². The van der Waals surface area contributed by atoms with Crippen LogP contribution in [0.15, 0.2) is 23.1 Å². The van der Waals surface area contributed by atoms with Crippen LogP contribution in [-0.2, 0) is 11.8 Å². The Balaban J connectivity index is 1.77. The van der Waals surface area contributed by atoms with Crippen LogP contribution in [0.2, 0.25) is 0 Å². The van der Waals surface area contributed by atoms with Gasteiger partial charge in [0.2, 0.25) is 5.95 Å². The molecule has 158 valence electrons. The summed E-state index contributed by atoms with van der Waals surface area (Å²) in [6, 6.07) is 1.75. The predicted molar refractivity (Wildman–Crippen MR) is 105 cm³/mol. The summed E-state index contributed by atoms with van der Waals surface area (Å²) >= 11 is 0. The molecule has 3 N–H and O–H groups in total. The van der Waals surface area contributed by atoms with Gasteiger partial charge in [-0.3, -0.25) is 13.9 Å². The van der Waals surface area contributed by atoms with Crippen LogP contribution in [0.5, 0.6) is 0 Å². The molecule has 2 atom stereocenters. The van der Waals surface area contributed by atoms with Crippen LogP contribution < -0.4 is 16.7 Å². The van der Waals surface area contributed by atoms with Crippen molar-refractivity contribution >= 4 is 28.7 Å². The van der Waals surface area contributed by atoms with Crippen molar-refractivity contribution in [2.75, 3.05) is 18.5 Å². The van der Waals surface area contributed by atoms with Crippen molar-refractivity contribution in [3.8, 4) is 0 Å². The summed E-state index contributed by atoms with van der Waals surface area (Å²) in [5.74, 6) is -1.56. The number of primary amides is 1. The minimum absolute atomic E-state index is 0.0889. The molecule has 3 heterocycles. The lowest BCUT2D eigenvalue weighted by Gasteiger charge is -2.26. The molecular weight excluding hydrogens is 398 g/mol. The highest BCUT2D eigenvalue weighted by molar-refractivity contribution is 5.94. The largest absolute Gasteiger partial charge is 0.378 e. The standard InChI is InChI=1S/C19H20F2N6O3/c1-9-5-10(16(22)28)11(20)6-13(9)24-18-23-7-15-17(25-18)27(19(29)26(15)2)14-3-4-30-8-12(14)21/h5-7,12,14H,3-4,8H2,1-2H3,(H2,22,28)(H,23,24,25). The number of benzene rings is 1. The third-order valence-corrected chi connectivity index (χ3v) is 5.24. The lowest BCUT2D eigenvalue weighted by molar-refractivity contribution is 0.00329. The number of rotatable bonds is 4. The second kappa shape index (κ2) is 7.48. The average Bonchev–Trinajstić information content (AvgIpc) is 2.95.